The highest BCUT2D eigenvalue weighted by Crippen LogP contribution is 2.61. The molecule has 0 saturated carbocycles. The highest BCUT2D eigenvalue weighted by atomic mass is 32.2. The number of aliphatic hydroxyl groups excluding tert-OH is 2. The number of allylic oxidation sites excluding steroid dienone is 8. The summed E-state index contributed by atoms with van der Waals surface area (Å²) in [5, 5.41) is 26.6. The van der Waals surface area contributed by atoms with E-state index in [0.717, 1.165) is 86.8 Å². The summed E-state index contributed by atoms with van der Waals surface area (Å²) in [5.41, 5.74) is 4.28. The lowest BCUT2D eigenvalue weighted by Gasteiger charge is -2.30. The van der Waals surface area contributed by atoms with Gasteiger partial charge in [-0.2, -0.15) is 4.31 Å². The summed E-state index contributed by atoms with van der Waals surface area (Å²) < 4.78 is 62.4. The number of carbonyl (C=O) groups is 3. The minimum absolute atomic E-state index is 0.0310. The van der Waals surface area contributed by atoms with E-state index in [2.05, 4.69) is 90.0 Å². The van der Waals surface area contributed by atoms with Gasteiger partial charge in [0.25, 0.3) is 0 Å². The number of imidazole rings is 1. The summed E-state index contributed by atoms with van der Waals surface area (Å²) in [6, 6.07) is 0. The fourth-order valence-corrected chi connectivity index (χ4v) is 9.90. The number of hydrogen-bond acceptors (Lipinski definition) is 18. The zero-order valence-corrected chi connectivity index (χ0v) is 42.3. The first-order valence-corrected chi connectivity index (χ1v) is 27.7. The van der Waals surface area contributed by atoms with Crippen molar-refractivity contribution in [3.8, 4) is 0 Å². The molecule has 1 saturated heterocycles. The van der Waals surface area contributed by atoms with Crippen LogP contribution in [-0.2, 0) is 50.7 Å². The Morgan fingerprint density at radius 3 is 2.19 bits per heavy atom. The number of nitrogens with zero attached hydrogens (tertiary/aromatic N) is 4. The topological polar surface area (TPSA) is 364 Å². The van der Waals surface area contributed by atoms with Crippen molar-refractivity contribution < 1.29 is 80.5 Å². The maximum atomic E-state index is 12.7. The highest BCUT2D eigenvalue weighted by Gasteiger charge is 2.50. The third-order valence-corrected chi connectivity index (χ3v) is 14.0. The van der Waals surface area contributed by atoms with Crippen molar-refractivity contribution in [1.82, 2.24) is 30.2 Å². The molecule has 28 heteroatoms. The van der Waals surface area contributed by atoms with Gasteiger partial charge < -0.3 is 50.9 Å². The lowest BCUT2D eigenvalue weighted by Crippen LogP contribution is -2.46. The van der Waals surface area contributed by atoms with Crippen molar-refractivity contribution in [2.45, 2.75) is 122 Å². The normalized spacial score (nSPS) is 20.3. The number of anilines is 1. The average Bonchev–Trinajstić information content (AvgIpc) is 3.84. The van der Waals surface area contributed by atoms with Crippen LogP contribution < -0.4 is 16.4 Å². The van der Waals surface area contributed by atoms with E-state index in [9.17, 15) is 57.9 Å². The number of nitrogens with one attached hydrogen (secondary N) is 2. The van der Waals surface area contributed by atoms with E-state index < -0.39 is 84.6 Å². The number of carbonyl (C=O) groups excluding carboxylic acids is 3. The molecule has 69 heavy (non-hydrogen) atoms. The largest absolute Gasteiger partial charge is 0.481 e. The number of nitrogens with two attached hydrogens (primary N) is 1. The Balaban J connectivity index is 1.29. The van der Waals surface area contributed by atoms with E-state index in [4.69, 9.17) is 19.5 Å². The third kappa shape index (κ3) is 22.6. The van der Waals surface area contributed by atoms with Crippen LogP contribution in [0, 0.1) is 5.41 Å². The summed E-state index contributed by atoms with van der Waals surface area (Å²) in [4.78, 5) is 88.4. The molecule has 3 heterocycles. The lowest BCUT2D eigenvalue weighted by molar-refractivity contribution is -0.137. The van der Waals surface area contributed by atoms with Gasteiger partial charge in [-0.1, -0.05) is 94.0 Å². The first-order valence-electron chi connectivity index (χ1n) is 22.2. The third-order valence-electron chi connectivity index (χ3n) is 9.99. The van der Waals surface area contributed by atoms with Gasteiger partial charge in [-0.3, -0.25) is 32.5 Å². The van der Waals surface area contributed by atoms with Gasteiger partial charge in [-0.15, -0.1) is 0 Å². The molecule has 0 bridgehead atoms. The van der Waals surface area contributed by atoms with Crippen molar-refractivity contribution >= 4 is 69.1 Å². The molecular weight excluding hydrogens is 987 g/mol. The number of aromatic nitrogens is 4. The molecule has 3 unspecified atom stereocenters. The standard InChI is InChI=1S/C41H66N7O17P3S/c1-4-5-6-7-8-9-10-11-12-13-14-15-16-17-18-19-20-21-32(50)69-25-24-43-31(49)22-23-44-39(53)36(52)41(2,3)27-62-68(59,60)65-67(57,58)61-26-30-35(64-66(54,55)56)34(51)40(63-30)48-29-47-33-37(42)45-28-46-38(33)48/h5-6,8-9,11-12,14-15,28-30,34-36,40,51-52H,4,7,10,13,16-27H2,1-3H3,(H,43,49)(H,44,53)(H,57,58)(H,59,60)(H2,42,45,46)(H2,54,55,56)/b6-5-,9-8-,12-11-,15-14-/t30-,34-,35-,36?,40-/m1/s1. The van der Waals surface area contributed by atoms with Gasteiger partial charge in [0.2, 0.25) is 11.8 Å². The fourth-order valence-electron chi connectivity index (χ4n) is 6.35. The van der Waals surface area contributed by atoms with Gasteiger partial charge in [-0.25, -0.2) is 28.6 Å². The maximum absolute atomic E-state index is 12.7. The number of amides is 2. The number of nitrogen functional groups attached to an aromatic ring is 1. The van der Waals surface area contributed by atoms with E-state index >= 15 is 0 Å². The Morgan fingerprint density at radius 1 is 0.884 bits per heavy atom. The number of ether oxygens (including phenoxy) is 1. The molecular formula is C41H66N7O17P3S. The molecule has 0 spiro atoms. The predicted octanol–water partition coefficient (Wildman–Crippen LogP) is 4.81. The SMILES string of the molecule is CC/C=C\C/C=C\C/C=C\C/C=C\CCCCCCC(=O)SCCNC(=O)CCNC(=O)C(O)C(C)(C)COP(=O)(O)OP(=O)(O)OC[C@H]1O[C@@H](n2cnc3c(N)ncnc32)[C@H](O)[C@@H]1OP(=O)(O)O. The van der Waals surface area contributed by atoms with Crippen molar-refractivity contribution in [2.75, 3.05) is 37.8 Å². The first-order chi connectivity index (χ1) is 32.6. The van der Waals surface area contributed by atoms with Crippen LogP contribution in [0.5, 0.6) is 0 Å². The smallest absolute Gasteiger partial charge is 0.386 e. The van der Waals surface area contributed by atoms with Crippen LogP contribution in [0.2, 0.25) is 0 Å². The van der Waals surface area contributed by atoms with Gasteiger partial charge in [0, 0.05) is 37.1 Å². The Morgan fingerprint density at radius 2 is 1.52 bits per heavy atom. The number of hydrogen-bond donors (Lipinski definition) is 9. The molecule has 3 rings (SSSR count). The van der Waals surface area contributed by atoms with Gasteiger partial charge in [0.15, 0.2) is 22.8 Å². The summed E-state index contributed by atoms with van der Waals surface area (Å²) in [6.45, 7) is 2.65. The number of phosphoric acid groups is 3. The van der Waals surface area contributed by atoms with Crippen LogP contribution in [0.1, 0.15) is 97.6 Å². The quantitative estimate of drug-likeness (QED) is 0.0263. The molecule has 1 fully saturated rings. The molecule has 1 aliphatic rings. The monoisotopic (exact) mass is 1050 g/mol. The van der Waals surface area contributed by atoms with Crippen molar-refractivity contribution in [2.24, 2.45) is 5.41 Å². The zero-order chi connectivity index (χ0) is 51.1. The Kier molecular flexibility index (Phi) is 25.8. The summed E-state index contributed by atoms with van der Waals surface area (Å²) in [6.07, 6.45) is 19.6. The average molecular weight is 1050 g/mol. The van der Waals surface area contributed by atoms with Crippen LogP contribution in [0.15, 0.2) is 61.3 Å². The minimum atomic E-state index is -5.58. The molecule has 1 aliphatic heterocycles. The molecule has 0 aliphatic carbocycles. The number of fused-ring (bicyclic) bond motifs is 1. The molecule has 388 valence electrons. The number of unbranched alkanes of at least 4 members (excludes halogenated alkanes) is 4. The van der Waals surface area contributed by atoms with Crippen molar-refractivity contribution in [1.29, 1.82) is 0 Å². The van der Waals surface area contributed by atoms with Crippen molar-refractivity contribution in [3.05, 3.63) is 61.3 Å². The molecule has 7 atom stereocenters. The number of phosphoric ester groups is 3. The van der Waals surface area contributed by atoms with E-state index in [0.29, 0.717) is 12.2 Å². The maximum Gasteiger partial charge on any atom is 0.481 e. The number of aliphatic hydroxyl groups is 2. The Bertz CT molecular complexity index is 2220. The summed E-state index contributed by atoms with van der Waals surface area (Å²) in [5.74, 6) is -1.06. The summed E-state index contributed by atoms with van der Waals surface area (Å²) >= 11 is 1.13. The van der Waals surface area contributed by atoms with Crippen LogP contribution in [0.3, 0.4) is 0 Å². The highest BCUT2D eigenvalue weighted by molar-refractivity contribution is 8.13. The molecule has 2 aromatic heterocycles. The van der Waals surface area contributed by atoms with E-state index in [1.807, 2.05) is 0 Å². The van der Waals surface area contributed by atoms with Crippen molar-refractivity contribution in [3.63, 3.8) is 0 Å². The second-order valence-corrected chi connectivity index (χ2v) is 21.6. The Hall–Kier alpha value is -3.48. The van der Waals surface area contributed by atoms with E-state index in [1.54, 1.807) is 0 Å². The van der Waals surface area contributed by atoms with Gasteiger partial charge in [-0.05, 0) is 44.9 Å². The molecule has 0 aromatic carbocycles. The van der Waals surface area contributed by atoms with E-state index in [-0.39, 0.29) is 41.6 Å². The molecule has 10 N–H and O–H groups in total. The van der Waals surface area contributed by atoms with Gasteiger partial charge >= 0.3 is 23.5 Å². The first kappa shape index (κ1) is 59.8. The second-order valence-electron chi connectivity index (χ2n) is 16.2. The van der Waals surface area contributed by atoms with Crippen LogP contribution in [0.4, 0.5) is 5.82 Å². The van der Waals surface area contributed by atoms with E-state index in [1.165, 1.54) is 13.8 Å². The van der Waals surface area contributed by atoms with Gasteiger partial charge in [0.1, 0.15) is 36.3 Å². The molecule has 24 nitrogen and oxygen atoms in total. The zero-order valence-electron chi connectivity index (χ0n) is 38.8. The number of thioether (sulfide) groups is 1. The van der Waals surface area contributed by atoms with Gasteiger partial charge in [0.05, 0.1) is 19.5 Å². The van der Waals surface area contributed by atoms with Crippen LogP contribution >= 0.6 is 35.2 Å². The van der Waals surface area contributed by atoms with Crippen LogP contribution in [-0.4, -0.2) is 123 Å². The predicted molar refractivity (Wildman–Crippen MR) is 256 cm³/mol. The summed E-state index contributed by atoms with van der Waals surface area (Å²) in [7, 11) is -16.4. The Labute approximate surface area is 405 Å². The molecule has 0 radical (unpaired) electrons. The fraction of sp³-hybridized carbons (Fsp3) is 0.610. The minimum Gasteiger partial charge on any atom is -0.386 e. The molecule has 2 amide bonds. The lowest BCUT2D eigenvalue weighted by atomic mass is 9.87. The van der Waals surface area contributed by atoms with Crippen LogP contribution in [0.25, 0.3) is 11.2 Å². The second kappa shape index (κ2) is 29.8. The number of rotatable bonds is 33. The molecule has 2 aromatic rings.